The van der Waals surface area contributed by atoms with Crippen LogP contribution < -0.4 is 22.5 Å². The fourth-order valence-corrected chi connectivity index (χ4v) is 6.73. The fourth-order valence-electron chi connectivity index (χ4n) is 6.73. The van der Waals surface area contributed by atoms with E-state index >= 15 is 0 Å². The van der Waals surface area contributed by atoms with Gasteiger partial charge >= 0.3 is 0 Å². The van der Waals surface area contributed by atoms with E-state index in [-0.39, 0.29) is 34.7 Å². The Morgan fingerprint density at radius 3 is 1.58 bits per heavy atom. The van der Waals surface area contributed by atoms with Crippen molar-refractivity contribution in [3.63, 3.8) is 0 Å². The maximum Gasteiger partial charge on any atom is 0.240 e. The van der Waals surface area contributed by atoms with Gasteiger partial charge in [0.05, 0.1) is 12.1 Å². The summed E-state index contributed by atoms with van der Waals surface area (Å²) in [4.78, 5) is 32.2. The highest BCUT2D eigenvalue weighted by Crippen LogP contribution is 2.27. The number of amides is 2. The summed E-state index contributed by atoms with van der Waals surface area (Å²) in [7, 11) is 0. The Morgan fingerprint density at radius 2 is 1.17 bits per heavy atom. The van der Waals surface area contributed by atoms with Crippen LogP contribution in [-0.4, -0.2) is 78.5 Å². The maximum atomic E-state index is 14.1. The van der Waals surface area contributed by atoms with Gasteiger partial charge in [-0.1, -0.05) is 110 Å². The van der Waals surface area contributed by atoms with E-state index in [4.69, 9.17) is 17.2 Å². The van der Waals surface area contributed by atoms with Crippen LogP contribution in [0.15, 0.2) is 48.5 Å². The Balaban J connectivity index is 1.80. The summed E-state index contributed by atoms with van der Waals surface area (Å²) < 4.78 is 0. The zero-order valence-corrected chi connectivity index (χ0v) is 31.2. The number of carbonyl (C=O) groups excluding carboxylic acids is 2. The lowest BCUT2D eigenvalue weighted by Gasteiger charge is -2.48. The number of carbonyl (C=O) groups is 2. The largest absolute Gasteiger partial charge is 0.335 e. The van der Waals surface area contributed by atoms with Crippen LogP contribution in [0.2, 0.25) is 0 Å². The van der Waals surface area contributed by atoms with Crippen molar-refractivity contribution < 1.29 is 9.59 Å². The third-order valence-electron chi connectivity index (χ3n) is 9.65. The van der Waals surface area contributed by atoms with E-state index in [1.165, 1.54) is 11.1 Å². The molecule has 2 aromatic rings. The van der Waals surface area contributed by atoms with Crippen LogP contribution in [0.3, 0.4) is 0 Å². The topological polar surface area (TPSA) is 131 Å². The van der Waals surface area contributed by atoms with Crippen molar-refractivity contribution in [1.82, 2.24) is 15.1 Å². The molecule has 8 nitrogen and oxygen atoms in total. The summed E-state index contributed by atoms with van der Waals surface area (Å²) in [5, 5.41) is 3.36. The molecule has 0 saturated carbocycles. The summed E-state index contributed by atoms with van der Waals surface area (Å²) in [6, 6.07) is 15.4. The van der Waals surface area contributed by atoms with E-state index in [1.54, 1.807) is 0 Å². The molecule has 0 aromatic heterocycles. The highest BCUT2D eigenvalue weighted by molar-refractivity contribution is 5.85. The normalized spacial score (nSPS) is 18.7. The molecule has 1 aliphatic heterocycles. The first-order valence-corrected chi connectivity index (χ1v) is 18.2. The van der Waals surface area contributed by atoms with Crippen molar-refractivity contribution in [2.75, 3.05) is 32.7 Å². The van der Waals surface area contributed by atoms with Gasteiger partial charge in [0.2, 0.25) is 11.8 Å². The Kier molecular flexibility index (Phi) is 14.7. The number of benzene rings is 2. The Bertz CT molecular complexity index is 1280. The van der Waals surface area contributed by atoms with Gasteiger partial charge in [0.25, 0.3) is 0 Å². The second kappa shape index (κ2) is 17.7. The number of piperazine rings is 1. The van der Waals surface area contributed by atoms with Crippen LogP contribution >= 0.6 is 0 Å². The molecule has 48 heavy (non-hydrogen) atoms. The lowest BCUT2D eigenvalue weighted by Crippen LogP contribution is -2.65. The highest BCUT2D eigenvalue weighted by Gasteiger charge is 2.41. The van der Waals surface area contributed by atoms with Gasteiger partial charge in [0.1, 0.15) is 0 Å². The quantitative estimate of drug-likeness (QED) is 0.201. The van der Waals surface area contributed by atoms with Gasteiger partial charge in [-0.3, -0.25) is 9.59 Å². The second-order valence-electron chi connectivity index (χ2n) is 16.5. The predicted octanol–water partition coefficient (Wildman–Crippen LogP) is 4.89. The minimum atomic E-state index is -0.653. The van der Waals surface area contributed by atoms with Gasteiger partial charge < -0.3 is 32.3 Å². The third-order valence-corrected chi connectivity index (χ3v) is 9.65. The first kappa shape index (κ1) is 39.7. The zero-order valence-electron chi connectivity index (χ0n) is 31.2. The van der Waals surface area contributed by atoms with Crippen LogP contribution in [-0.2, 0) is 33.3 Å². The van der Waals surface area contributed by atoms with Gasteiger partial charge in [-0.2, -0.15) is 0 Å². The summed E-state index contributed by atoms with van der Waals surface area (Å²) in [6.45, 7) is 20.7. The smallest absolute Gasteiger partial charge is 0.240 e. The van der Waals surface area contributed by atoms with E-state index < -0.39 is 12.1 Å². The van der Waals surface area contributed by atoms with Crippen molar-refractivity contribution in [2.24, 2.45) is 23.1 Å². The summed E-state index contributed by atoms with van der Waals surface area (Å²) >= 11 is 0. The molecule has 7 N–H and O–H groups in total. The predicted molar refractivity (Wildman–Crippen MR) is 200 cm³/mol. The highest BCUT2D eigenvalue weighted by atomic mass is 16.2. The van der Waals surface area contributed by atoms with Crippen molar-refractivity contribution in [2.45, 2.75) is 129 Å². The van der Waals surface area contributed by atoms with Crippen LogP contribution in [0.1, 0.15) is 103 Å². The lowest BCUT2D eigenvalue weighted by atomic mass is 9.86. The summed E-state index contributed by atoms with van der Waals surface area (Å²) in [5.41, 5.74) is 23.7. The van der Waals surface area contributed by atoms with Crippen LogP contribution in [0.4, 0.5) is 0 Å². The number of nitrogens with two attached hydrogens (primary N) is 3. The van der Waals surface area contributed by atoms with Crippen molar-refractivity contribution in [3.05, 3.63) is 70.8 Å². The molecule has 1 heterocycles. The molecule has 0 bridgehead atoms. The van der Waals surface area contributed by atoms with Gasteiger partial charge in [-0.15, -0.1) is 0 Å². The van der Waals surface area contributed by atoms with Gasteiger partial charge in [-0.05, 0) is 77.7 Å². The van der Waals surface area contributed by atoms with E-state index in [2.05, 4.69) is 109 Å². The van der Waals surface area contributed by atoms with Gasteiger partial charge in [-0.25, -0.2) is 0 Å². The molecule has 1 saturated heterocycles. The SMILES string of the molecule is CC(C)C[C@@H]1CN(C(=O)C(N)Cc2ccc(C(C)(C)C)cc2)C(CCCCNCCN)CN1C(=O)C(N)Cc1ccc(C(C)(C)C)cc1. The third kappa shape index (κ3) is 11.7. The van der Waals surface area contributed by atoms with Gasteiger partial charge in [0.15, 0.2) is 0 Å². The second-order valence-corrected chi connectivity index (χ2v) is 16.5. The fraction of sp³-hybridized carbons (Fsp3) is 0.650. The Labute approximate surface area is 291 Å². The first-order valence-electron chi connectivity index (χ1n) is 18.2. The minimum Gasteiger partial charge on any atom is -0.335 e. The number of unbranched alkanes of at least 4 members (excludes halogenated alkanes) is 1. The minimum absolute atomic E-state index is 0.0366. The molecule has 8 heteroatoms. The molecule has 0 radical (unpaired) electrons. The number of nitrogens with zero attached hydrogens (tertiary/aromatic N) is 2. The number of rotatable bonds is 15. The Hall–Kier alpha value is -2.78. The molecular formula is C40H66N6O2. The molecule has 268 valence electrons. The Morgan fingerprint density at radius 1 is 0.729 bits per heavy atom. The number of nitrogens with one attached hydrogen (secondary N) is 1. The molecule has 1 aliphatic rings. The average Bonchev–Trinajstić information content (AvgIpc) is 3.01. The molecule has 2 amide bonds. The molecule has 3 rings (SSSR count). The van der Waals surface area contributed by atoms with Gasteiger partial charge in [0, 0.05) is 38.3 Å². The molecule has 4 atom stereocenters. The molecule has 3 unspecified atom stereocenters. The van der Waals surface area contributed by atoms with Crippen molar-refractivity contribution >= 4 is 11.8 Å². The van der Waals surface area contributed by atoms with Crippen LogP contribution in [0.25, 0.3) is 0 Å². The average molecular weight is 663 g/mol. The standard InChI is InChI=1S/C40H66N6O2/c1-28(2)23-34-27-45(37(47)35(42)24-29-12-16-31(17-13-29)39(3,4)5)33(11-9-10-21-44-22-20-41)26-46(34)38(48)36(43)25-30-14-18-32(19-15-30)40(6,7)8/h12-19,28,33-36,44H,9-11,20-27,41-43H2,1-8H3/t33?,34-,35?,36?/m1/s1. The van der Waals surface area contributed by atoms with Crippen molar-refractivity contribution in [3.8, 4) is 0 Å². The summed E-state index contributed by atoms with van der Waals surface area (Å²) in [6.07, 6.45) is 4.45. The van der Waals surface area contributed by atoms with E-state index in [0.717, 1.165) is 49.9 Å². The monoisotopic (exact) mass is 663 g/mol. The zero-order chi connectivity index (χ0) is 35.6. The lowest BCUT2D eigenvalue weighted by molar-refractivity contribution is -0.149. The molecule has 0 aliphatic carbocycles. The number of hydrogen-bond acceptors (Lipinski definition) is 6. The van der Waals surface area contributed by atoms with Crippen LogP contribution in [0, 0.1) is 5.92 Å². The summed E-state index contributed by atoms with van der Waals surface area (Å²) in [5.74, 6) is 0.277. The molecule has 0 spiro atoms. The van der Waals surface area contributed by atoms with E-state index in [1.807, 2.05) is 9.80 Å². The first-order chi connectivity index (χ1) is 22.5. The number of hydrogen-bond donors (Lipinski definition) is 4. The molecular weight excluding hydrogens is 596 g/mol. The van der Waals surface area contributed by atoms with Crippen molar-refractivity contribution in [1.29, 1.82) is 0 Å². The van der Waals surface area contributed by atoms with E-state index in [9.17, 15) is 9.59 Å². The maximum absolute atomic E-state index is 14.1. The molecule has 1 fully saturated rings. The van der Waals surface area contributed by atoms with Crippen LogP contribution in [0.5, 0.6) is 0 Å². The van der Waals surface area contributed by atoms with E-state index in [0.29, 0.717) is 38.4 Å². The molecule has 2 aromatic carbocycles.